The first-order valence-electron chi connectivity index (χ1n) is 5.54. The molecular formula is C16H11O. The Hall–Kier alpha value is -2.28. The Bertz CT molecular complexity index is 540. The average molecular weight is 219 g/mol. The fourth-order valence-electron chi connectivity index (χ4n) is 1.92. The van der Waals surface area contributed by atoms with Crippen molar-refractivity contribution in [2.24, 2.45) is 0 Å². The maximum absolute atomic E-state index is 5.59. The van der Waals surface area contributed by atoms with Gasteiger partial charge in [-0.15, -0.1) is 0 Å². The highest BCUT2D eigenvalue weighted by Crippen LogP contribution is 2.32. The van der Waals surface area contributed by atoms with Gasteiger partial charge in [0.1, 0.15) is 5.76 Å². The van der Waals surface area contributed by atoms with Crippen molar-refractivity contribution in [3.05, 3.63) is 73.0 Å². The van der Waals surface area contributed by atoms with E-state index in [2.05, 4.69) is 18.2 Å². The average Bonchev–Trinajstić information content (AvgIpc) is 2.90. The molecule has 1 radical (unpaired) electrons. The molecule has 0 fully saturated rings. The van der Waals surface area contributed by atoms with Crippen LogP contribution in [-0.4, -0.2) is 0 Å². The van der Waals surface area contributed by atoms with Crippen LogP contribution in [0.15, 0.2) is 71.3 Å². The first kappa shape index (κ1) is 9.91. The fraction of sp³-hybridized carbons (Fsp3) is 0. The molecule has 0 unspecified atom stereocenters. The van der Waals surface area contributed by atoms with Gasteiger partial charge >= 0.3 is 0 Å². The Kier molecular flexibility index (Phi) is 2.51. The van der Waals surface area contributed by atoms with Crippen LogP contribution in [0.2, 0.25) is 0 Å². The first-order chi connectivity index (χ1) is 8.45. The van der Waals surface area contributed by atoms with Crippen LogP contribution >= 0.6 is 0 Å². The van der Waals surface area contributed by atoms with Gasteiger partial charge in [0.05, 0.1) is 6.26 Å². The molecule has 0 saturated heterocycles. The molecular weight excluding hydrogens is 208 g/mol. The van der Waals surface area contributed by atoms with Gasteiger partial charge in [0, 0.05) is 11.1 Å². The molecule has 3 rings (SSSR count). The predicted octanol–water partition coefficient (Wildman–Crippen LogP) is 4.41. The van der Waals surface area contributed by atoms with Crippen LogP contribution in [0.3, 0.4) is 0 Å². The van der Waals surface area contributed by atoms with Gasteiger partial charge in [0.2, 0.25) is 0 Å². The molecule has 0 bridgehead atoms. The maximum atomic E-state index is 5.59. The van der Waals surface area contributed by atoms with E-state index in [4.69, 9.17) is 4.42 Å². The van der Waals surface area contributed by atoms with E-state index in [0.29, 0.717) is 0 Å². The van der Waals surface area contributed by atoms with Crippen molar-refractivity contribution < 1.29 is 4.42 Å². The fourth-order valence-corrected chi connectivity index (χ4v) is 1.92. The minimum absolute atomic E-state index is 0.908. The summed E-state index contributed by atoms with van der Waals surface area (Å²) in [6.07, 6.45) is 1.73. The third kappa shape index (κ3) is 1.87. The van der Waals surface area contributed by atoms with E-state index in [9.17, 15) is 0 Å². The van der Waals surface area contributed by atoms with Crippen LogP contribution in [0.25, 0.3) is 22.5 Å². The second kappa shape index (κ2) is 4.30. The highest BCUT2D eigenvalue weighted by molar-refractivity contribution is 5.79. The SMILES string of the molecule is [c]1ccc(-c2occc2-c2ccccc2)cc1. The Morgan fingerprint density at radius 3 is 2.29 bits per heavy atom. The standard InChI is InChI=1S/C16H11O/c1-3-7-13(8-4-1)15-11-12-17-16(15)14-9-5-2-6-10-14/h1,3-12H. The van der Waals surface area contributed by atoms with Crippen molar-refractivity contribution in [1.29, 1.82) is 0 Å². The monoisotopic (exact) mass is 219 g/mol. The summed E-state index contributed by atoms with van der Waals surface area (Å²) in [5.74, 6) is 0.908. The van der Waals surface area contributed by atoms with Crippen LogP contribution in [-0.2, 0) is 0 Å². The Morgan fingerprint density at radius 2 is 1.53 bits per heavy atom. The summed E-state index contributed by atoms with van der Waals surface area (Å²) in [5, 5.41) is 0. The summed E-state index contributed by atoms with van der Waals surface area (Å²) in [6, 6.07) is 23.1. The molecule has 3 aromatic rings. The molecule has 1 heteroatoms. The maximum Gasteiger partial charge on any atom is 0.141 e. The number of rotatable bonds is 2. The van der Waals surface area contributed by atoms with E-state index < -0.39 is 0 Å². The van der Waals surface area contributed by atoms with Crippen molar-refractivity contribution in [3.8, 4) is 22.5 Å². The lowest BCUT2D eigenvalue weighted by atomic mass is 10.0. The van der Waals surface area contributed by atoms with E-state index in [-0.39, 0.29) is 0 Å². The summed E-state index contributed by atoms with van der Waals surface area (Å²) >= 11 is 0. The largest absolute Gasteiger partial charge is 0.464 e. The molecule has 0 aliphatic rings. The Labute approximate surface area is 100 Å². The lowest BCUT2D eigenvalue weighted by Gasteiger charge is -2.02. The van der Waals surface area contributed by atoms with Gasteiger partial charge in [-0.1, -0.05) is 54.6 Å². The van der Waals surface area contributed by atoms with E-state index in [1.165, 1.54) is 5.56 Å². The third-order valence-corrected chi connectivity index (χ3v) is 2.73. The number of hydrogen-bond acceptors (Lipinski definition) is 1. The molecule has 1 heterocycles. The molecule has 0 saturated carbocycles. The molecule has 17 heavy (non-hydrogen) atoms. The highest BCUT2D eigenvalue weighted by atomic mass is 16.3. The van der Waals surface area contributed by atoms with Crippen molar-refractivity contribution in [1.82, 2.24) is 0 Å². The van der Waals surface area contributed by atoms with Gasteiger partial charge in [-0.25, -0.2) is 0 Å². The second-order valence-electron chi connectivity index (χ2n) is 3.82. The number of benzene rings is 2. The molecule has 1 aromatic heterocycles. The number of furan rings is 1. The van der Waals surface area contributed by atoms with Crippen LogP contribution in [0.5, 0.6) is 0 Å². The normalized spacial score (nSPS) is 10.4. The van der Waals surface area contributed by atoms with Gasteiger partial charge in [0.15, 0.2) is 0 Å². The van der Waals surface area contributed by atoms with E-state index >= 15 is 0 Å². The van der Waals surface area contributed by atoms with Gasteiger partial charge in [0.25, 0.3) is 0 Å². The molecule has 0 spiro atoms. The van der Waals surface area contributed by atoms with Crippen molar-refractivity contribution in [2.45, 2.75) is 0 Å². The second-order valence-corrected chi connectivity index (χ2v) is 3.82. The van der Waals surface area contributed by atoms with Gasteiger partial charge < -0.3 is 4.42 Å². The molecule has 0 N–H and O–H groups in total. The lowest BCUT2D eigenvalue weighted by Crippen LogP contribution is -1.79. The summed E-state index contributed by atoms with van der Waals surface area (Å²) in [5.41, 5.74) is 3.37. The highest BCUT2D eigenvalue weighted by Gasteiger charge is 2.09. The Morgan fingerprint density at radius 1 is 0.765 bits per heavy atom. The first-order valence-corrected chi connectivity index (χ1v) is 5.54. The van der Waals surface area contributed by atoms with E-state index in [1.807, 2.05) is 48.5 Å². The molecule has 0 amide bonds. The zero-order chi connectivity index (χ0) is 11.5. The molecule has 2 aromatic carbocycles. The minimum Gasteiger partial charge on any atom is -0.464 e. The zero-order valence-corrected chi connectivity index (χ0v) is 9.26. The summed E-state index contributed by atoms with van der Waals surface area (Å²) in [4.78, 5) is 0. The molecule has 0 aliphatic carbocycles. The minimum atomic E-state index is 0.908. The van der Waals surface area contributed by atoms with E-state index in [1.54, 1.807) is 6.26 Å². The quantitative estimate of drug-likeness (QED) is 0.622. The van der Waals surface area contributed by atoms with Gasteiger partial charge in [-0.2, -0.15) is 0 Å². The van der Waals surface area contributed by atoms with Crippen LogP contribution in [0, 0.1) is 6.07 Å². The smallest absolute Gasteiger partial charge is 0.141 e. The lowest BCUT2D eigenvalue weighted by molar-refractivity contribution is 0.583. The summed E-state index contributed by atoms with van der Waals surface area (Å²) in [7, 11) is 0. The van der Waals surface area contributed by atoms with Crippen molar-refractivity contribution in [2.75, 3.05) is 0 Å². The van der Waals surface area contributed by atoms with Crippen LogP contribution in [0.4, 0.5) is 0 Å². The molecule has 1 nitrogen and oxygen atoms in total. The van der Waals surface area contributed by atoms with Crippen LogP contribution < -0.4 is 0 Å². The Balaban J connectivity index is 2.13. The molecule has 81 valence electrons. The molecule has 0 atom stereocenters. The third-order valence-electron chi connectivity index (χ3n) is 2.73. The summed E-state index contributed by atoms with van der Waals surface area (Å²) in [6.45, 7) is 0. The van der Waals surface area contributed by atoms with Gasteiger partial charge in [-0.05, 0) is 17.7 Å². The predicted molar refractivity (Wildman–Crippen MR) is 68.4 cm³/mol. The zero-order valence-electron chi connectivity index (χ0n) is 9.26. The summed E-state index contributed by atoms with van der Waals surface area (Å²) < 4.78 is 5.59. The van der Waals surface area contributed by atoms with Crippen LogP contribution in [0.1, 0.15) is 0 Å². The molecule has 0 aliphatic heterocycles. The number of hydrogen-bond donors (Lipinski definition) is 0. The van der Waals surface area contributed by atoms with Crippen molar-refractivity contribution in [3.63, 3.8) is 0 Å². The topological polar surface area (TPSA) is 13.1 Å². The van der Waals surface area contributed by atoms with Crippen molar-refractivity contribution >= 4 is 0 Å². The van der Waals surface area contributed by atoms with E-state index in [0.717, 1.165) is 16.9 Å². The van der Waals surface area contributed by atoms with Gasteiger partial charge in [-0.3, -0.25) is 0 Å².